The van der Waals surface area contributed by atoms with Crippen LogP contribution in [0.15, 0.2) is 65.8 Å². The number of carbonyl (C=O) groups excluding carboxylic acids is 1. The second kappa shape index (κ2) is 12.7. The molecule has 5 rings (SSSR count). The number of halogens is 5. The number of aromatic nitrogens is 5. The van der Waals surface area contributed by atoms with Crippen LogP contribution in [0.3, 0.4) is 0 Å². The molecule has 0 aliphatic carbocycles. The highest BCUT2D eigenvalue weighted by atomic mass is 35.5. The number of nitrogens with one attached hydrogen (secondary N) is 1. The SMILES string of the molecule is CCOC(=O)c1cn(CCN(C)C)c2ccc(-c3cnc(Nc4ccc(F)c(Cl)c4)nc3-n3ccc(C(F)(F)F)n3)cc2c1=O. The highest BCUT2D eigenvalue weighted by Crippen LogP contribution is 2.32. The molecule has 45 heavy (non-hydrogen) atoms. The van der Waals surface area contributed by atoms with Crippen LogP contribution in [-0.4, -0.2) is 62.4 Å². The van der Waals surface area contributed by atoms with E-state index in [1.165, 1.54) is 30.6 Å². The molecule has 3 aromatic heterocycles. The monoisotopic (exact) mass is 643 g/mol. The van der Waals surface area contributed by atoms with Gasteiger partial charge >= 0.3 is 12.1 Å². The Balaban J connectivity index is 1.68. The Labute approximate surface area is 258 Å². The highest BCUT2D eigenvalue weighted by molar-refractivity contribution is 6.31. The molecule has 0 fully saturated rings. The van der Waals surface area contributed by atoms with Gasteiger partial charge in [-0.05, 0) is 63.0 Å². The molecule has 0 bridgehead atoms. The number of carbonyl (C=O) groups is 1. The van der Waals surface area contributed by atoms with Crippen molar-refractivity contribution in [3.05, 3.63) is 93.4 Å². The molecule has 0 unspecified atom stereocenters. The van der Waals surface area contributed by atoms with Crippen molar-refractivity contribution in [3.63, 3.8) is 0 Å². The minimum atomic E-state index is -4.71. The molecular weight excluding hydrogens is 618 g/mol. The summed E-state index contributed by atoms with van der Waals surface area (Å²) < 4.78 is 61.9. The van der Waals surface area contributed by atoms with Gasteiger partial charge in [-0.3, -0.25) is 4.79 Å². The number of nitrogens with zero attached hydrogens (tertiary/aromatic N) is 6. The summed E-state index contributed by atoms with van der Waals surface area (Å²) in [6.45, 7) is 2.76. The fourth-order valence-electron chi connectivity index (χ4n) is 4.52. The van der Waals surface area contributed by atoms with Crippen molar-refractivity contribution in [2.45, 2.75) is 19.6 Å². The number of benzene rings is 2. The third kappa shape index (κ3) is 6.81. The molecule has 10 nitrogen and oxygen atoms in total. The lowest BCUT2D eigenvalue weighted by molar-refractivity contribution is -0.141. The van der Waals surface area contributed by atoms with Gasteiger partial charge in [0.2, 0.25) is 11.4 Å². The van der Waals surface area contributed by atoms with Crippen molar-refractivity contribution < 1.29 is 27.1 Å². The summed E-state index contributed by atoms with van der Waals surface area (Å²) >= 11 is 5.88. The molecule has 0 spiro atoms. The van der Waals surface area contributed by atoms with Crippen LogP contribution in [0.25, 0.3) is 27.8 Å². The minimum Gasteiger partial charge on any atom is -0.462 e. The van der Waals surface area contributed by atoms with Crippen LogP contribution < -0.4 is 10.7 Å². The Kier molecular flexibility index (Phi) is 8.89. The topological polar surface area (TPSA) is 107 Å². The third-order valence-corrected chi connectivity index (χ3v) is 7.01. The van der Waals surface area contributed by atoms with Crippen LogP contribution in [0, 0.1) is 5.82 Å². The maximum atomic E-state index is 13.7. The zero-order valence-corrected chi connectivity index (χ0v) is 24.9. The molecule has 0 saturated carbocycles. The van der Waals surface area contributed by atoms with E-state index in [4.69, 9.17) is 16.3 Å². The lowest BCUT2D eigenvalue weighted by Gasteiger charge is -2.17. The first kappa shape index (κ1) is 31.6. The first-order valence-electron chi connectivity index (χ1n) is 13.6. The Morgan fingerprint density at radius 1 is 1.13 bits per heavy atom. The number of likely N-dealkylation sites (N-methyl/N-ethyl adjacent to an activating group) is 1. The van der Waals surface area contributed by atoms with Gasteiger partial charge in [0.1, 0.15) is 11.4 Å². The van der Waals surface area contributed by atoms with Crippen LogP contribution in [0.1, 0.15) is 23.0 Å². The lowest BCUT2D eigenvalue weighted by atomic mass is 10.0. The van der Waals surface area contributed by atoms with Crippen LogP contribution in [0.5, 0.6) is 0 Å². The maximum absolute atomic E-state index is 13.7. The summed E-state index contributed by atoms with van der Waals surface area (Å²) in [4.78, 5) is 36.9. The van der Waals surface area contributed by atoms with E-state index >= 15 is 0 Å². The quantitative estimate of drug-likeness (QED) is 0.155. The average molecular weight is 644 g/mol. The summed E-state index contributed by atoms with van der Waals surface area (Å²) in [6.07, 6.45) is -0.799. The first-order chi connectivity index (χ1) is 21.3. The smallest absolute Gasteiger partial charge is 0.435 e. The van der Waals surface area contributed by atoms with Gasteiger partial charge in [0.15, 0.2) is 11.5 Å². The van der Waals surface area contributed by atoms with Crippen molar-refractivity contribution >= 4 is 40.1 Å². The van der Waals surface area contributed by atoms with Gasteiger partial charge in [-0.25, -0.2) is 18.9 Å². The number of ether oxygens (including phenoxy) is 1. The van der Waals surface area contributed by atoms with Crippen molar-refractivity contribution in [2.24, 2.45) is 0 Å². The van der Waals surface area contributed by atoms with E-state index in [-0.39, 0.29) is 39.9 Å². The van der Waals surface area contributed by atoms with Crippen molar-refractivity contribution in [3.8, 4) is 16.9 Å². The predicted molar refractivity (Wildman–Crippen MR) is 161 cm³/mol. The molecule has 0 saturated heterocycles. The number of pyridine rings is 1. The summed E-state index contributed by atoms with van der Waals surface area (Å²) in [5.74, 6) is -1.51. The molecule has 0 aliphatic heterocycles. The number of rotatable bonds is 9. The van der Waals surface area contributed by atoms with Crippen LogP contribution in [0.2, 0.25) is 5.02 Å². The van der Waals surface area contributed by atoms with E-state index < -0.39 is 29.1 Å². The average Bonchev–Trinajstić information content (AvgIpc) is 3.50. The molecule has 0 atom stereocenters. The molecule has 0 amide bonds. The van der Waals surface area contributed by atoms with Crippen molar-refractivity contribution in [2.75, 3.05) is 32.6 Å². The minimum absolute atomic E-state index is 0.0445. The molecule has 0 aliphatic rings. The number of esters is 1. The zero-order chi connectivity index (χ0) is 32.5. The Morgan fingerprint density at radius 2 is 1.91 bits per heavy atom. The van der Waals surface area contributed by atoms with Gasteiger partial charge < -0.3 is 19.5 Å². The maximum Gasteiger partial charge on any atom is 0.435 e. The van der Waals surface area contributed by atoms with Crippen LogP contribution in [0.4, 0.5) is 29.2 Å². The van der Waals surface area contributed by atoms with Crippen LogP contribution in [-0.2, 0) is 17.5 Å². The zero-order valence-electron chi connectivity index (χ0n) is 24.2. The fourth-order valence-corrected chi connectivity index (χ4v) is 4.70. The van der Waals surface area contributed by atoms with E-state index in [1.54, 1.807) is 23.6 Å². The number of alkyl halides is 3. The predicted octanol–water partition coefficient (Wildman–Crippen LogP) is 5.94. The summed E-state index contributed by atoms with van der Waals surface area (Å²) in [6, 6.07) is 9.49. The van der Waals surface area contributed by atoms with Gasteiger partial charge in [0.25, 0.3) is 0 Å². The first-order valence-corrected chi connectivity index (χ1v) is 13.9. The highest BCUT2D eigenvalue weighted by Gasteiger charge is 2.34. The van der Waals surface area contributed by atoms with Gasteiger partial charge in [-0.1, -0.05) is 17.7 Å². The molecule has 2 aromatic carbocycles. The van der Waals surface area contributed by atoms with Crippen molar-refractivity contribution in [1.29, 1.82) is 0 Å². The Hall–Kier alpha value is -4.82. The van der Waals surface area contributed by atoms with E-state index in [1.807, 2.05) is 19.0 Å². The molecular formula is C30H26ClF4N7O3. The van der Waals surface area contributed by atoms with Gasteiger partial charge in [0, 0.05) is 48.3 Å². The number of hydrogen-bond acceptors (Lipinski definition) is 8. The van der Waals surface area contributed by atoms with Crippen LogP contribution >= 0.6 is 11.6 Å². The van der Waals surface area contributed by atoms with Gasteiger partial charge in [0.05, 0.1) is 17.1 Å². The summed E-state index contributed by atoms with van der Waals surface area (Å²) in [5, 5.41) is 6.55. The molecule has 0 radical (unpaired) electrons. The van der Waals surface area contributed by atoms with Crippen molar-refractivity contribution in [1.82, 2.24) is 29.2 Å². The molecule has 234 valence electrons. The Bertz CT molecular complexity index is 1960. The summed E-state index contributed by atoms with van der Waals surface area (Å²) in [7, 11) is 3.78. The standard InChI is InChI=1S/C30H26ClF4N7O3/c1-4-45-28(44)21-16-41(12-11-40(2)3)24-8-5-17(13-19(24)26(21)43)20-15-36-29(37-18-6-7-23(32)22(31)14-18)38-27(20)42-10-9-25(39-42)30(33,34)35/h5-10,13-16H,4,11-12H2,1-3H3,(H,36,37,38). The van der Waals surface area contributed by atoms with E-state index in [9.17, 15) is 27.2 Å². The van der Waals surface area contributed by atoms with E-state index in [0.29, 0.717) is 29.9 Å². The molecule has 3 heterocycles. The molecule has 1 N–H and O–H groups in total. The number of anilines is 2. The second-order valence-electron chi connectivity index (χ2n) is 10.1. The third-order valence-electron chi connectivity index (χ3n) is 6.72. The second-order valence-corrected chi connectivity index (χ2v) is 10.6. The Morgan fingerprint density at radius 3 is 2.58 bits per heavy atom. The number of fused-ring (bicyclic) bond motifs is 1. The lowest BCUT2D eigenvalue weighted by Crippen LogP contribution is -2.24. The molecule has 15 heteroatoms. The van der Waals surface area contributed by atoms with E-state index in [0.717, 1.165) is 23.0 Å². The fraction of sp³-hybridized carbons (Fsp3) is 0.233. The van der Waals surface area contributed by atoms with Gasteiger partial charge in [-0.15, -0.1) is 0 Å². The van der Waals surface area contributed by atoms with Gasteiger partial charge in [-0.2, -0.15) is 23.3 Å². The summed E-state index contributed by atoms with van der Waals surface area (Å²) in [5.41, 5.74) is -0.409. The molecule has 5 aromatic rings. The number of hydrogen-bond donors (Lipinski definition) is 1. The van der Waals surface area contributed by atoms with E-state index in [2.05, 4.69) is 20.4 Å². The normalized spacial score (nSPS) is 11.8. The largest absolute Gasteiger partial charge is 0.462 e.